The number of hydrogen-bond acceptors (Lipinski definition) is 3. The van der Waals surface area contributed by atoms with Gasteiger partial charge in [-0.05, 0) is 51.0 Å². The lowest BCUT2D eigenvalue weighted by atomic mass is 10.1. The van der Waals surface area contributed by atoms with Gasteiger partial charge in [-0.2, -0.15) is 0 Å². The van der Waals surface area contributed by atoms with Gasteiger partial charge >= 0.3 is 6.03 Å². The first-order valence-corrected chi connectivity index (χ1v) is 8.24. The summed E-state index contributed by atoms with van der Waals surface area (Å²) in [6.45, 7) is 8.25. The number of anilines is 1. The zero-order valence-corrected chi connectivity index (χ0v) is 15.5. The van der Waals surface area contributed by atoms with E-state index in [1.165, 1.54) is 0 Å². The summed E-state index contributed by atoms with van der Waals surface area (Å²) in [6, 6.07) is 5.15. The quantitative estimate of drug-likeness (QED) is 0.804. The third kappa shape index (κ3) is 5.53. The highest BCUT2D eigenvalue weighted by Gasteiger charge is 2.17. The third-order valence-electron chi connectivity index (χ3n) is 4.11. The van der Waals surface area contributed by atoms with Crippen LogP contribution < -0.4 is 10.6 Å². The summed E-state index contributed by atoms with van der Waals surface area (Å²) in [5.74, 6) is -0.101. The Balaban J connectivity index is 2.78. The highest BCUT2D eigenvalue weighted by Crippen LogP contribution is 2.17. The summed E-state index contributed by atoms with van der Waals surface area (Å²) >= 11 is 0. The van der Waals surface area contributed by atoms with Gasteiger partial charge in [0.15, 0.2) is 0 Å². The number of amides is 3. The molecule has 0 aromatic heterocycles. The molecular formula is C18H29N3O3. The van der Waals surface area contributed by atoms with Crippen LogP contribution in [0.1, 0.15) is 43.1 Å². The van der Waals surface area contributed by atoms with Crippen molar-refractivity contribution in [1.29, 1.82) is 0 Å². The van der Waals surface area contributed by atoms with Gasteiger partial charge in [-0.3, -0.25) is 4.79 Å². The normalized spacial score (nSPS) is 13.1. The first-order valence-electron chi connectivity index (χ1n) is 8.24. The van der Waals surface area contributed by atoms with Gasteiger partial charge in [0.2, 0.25) is 0 Å². The van der Waals surface area contributed by atoms with E-state index in [0.29, 0.717) is 17.9 Å². The monoisotopic (exact) mass is 335 g/mol. The molecule has 134 valence electrons. The minimum atomic E-state index is -0.209. The molecule has 24 heavy (non-hydrogen) atoms. The SMILES string of the molecule is CCC(C)NC(=O)c1ccc(NC(=O)N(C)C(C)COC)c(C)c1. The van der Waals surface area contributed by atoms with Crippen molar-refractivity contribution >= 4 is 17.6 Å². The molecule has 1 aromatic rings. The zero-order valence-electron chi connectivity index (χ0n) is 15.5. The fourth-order valence-corrected chi connectivity index (χ4v) is 2.11. The summed E-state index contributed by atoms with van der Waals surface area (Å²) in [7, 11) is 3.33. The molecule has 1 rings (SSSR count). The molecule has 0 aliphatic carbocycles. The smallest absolute Gasteiger partial charge is 0.321 e. The van der Waals surface area contributed by atoms with Crippen LogP contribution in [-0.4, -0.2) is 49.7 Å². The van der Waals surface area contributed by atoms with Crippen LogP contribution in [0.5, 0.6) is 0 Å². The van der Waals surface area contributed by atoms with E-state index in [4.69, 9.17) is 4.74 Å². The predicted octanol–water partition coefficient (Wildman–Crippen LogP) is 3.02. The van der Waals surface area contributed by atoms with Gasteiger partial charge in [0.1, 0.15) is 0 Å². The van der Waals surface area contributed by atoms with Gasteiger partial charge < -0.3 is 20.3 Å². The molecule has 0 fully saturated rings. The zero-order chi connectivity index (χ0) is 18.3. The number of benzene rings is 1. The number of likely N-dealkylation sites (N-methyl/N-ethyl adjacent to an activating group) is 1. The Morgan fingerprint density at radius 3 is 2.50 bits per heavy atom. The molecule has 2 unspecified atom stereocenters. The highest BCUT2D eigenvalue weighted by molar-refractivity contribution is 5.96. The Bertz CT molecular complexity index is 575. The van der Waals surface area contributed by atoms with E-state index in [1.54, 1.807) is 37.3 Å². The van der Waals surface area contributed by atoms with Gasteiger partial charge in [-0.15, -0.1) is 0 Å². The molecule has 0 saturated heterocycles. The van der Waals surface area contributed by atoms with Crippen molar-refractivity contribution in [3.8, 4) is 0 Å². The number of carbonyl (C=O) groups is 2. The molecule has 2 atom stereocenters. The van der Waals surface area contributed by atoms with Crippen LogP contribution in [0.15, 0.2) is 18.2 Å². The average molecular weight is 335 g/mol. The lowest BCUT2D eigenvalue weighted by molar-refractivity contribution is 0.0939. The first kappa shape index (κ1) is 20.0. The van der Waals surface area contributed by atoms with E-state index in [0.717, 1.165) is 12.0 Å². The highest BCUT2D eigenvalue weighted by atomic mass is 16.5. The fraction of sp³-hybridized carbons (Fsp3) is 0.556. The average Bonchev–Trinajstić information content (AvgIpc) is 2.55. The number of carbonyl (C=O) groups excluding carboxylic acids is 2. The van der Waals surface area contributed by atoms with Crippen molar-refractivity contribution in [1.82, 2.24) is 10.2 Å². The minimum absolute atomic E-state index is 0.0316. The summed E-state index contributed by atoms with van der Waals surface area (Å²) in [5, 5.41) is 5.80. The van der Waals surface area contributed by atoms with E-state index in [9.17, 15) is 9.59 Å². The summed E-state index contributed by atoms with van der Waals surface area (Å²) in [4.78, 5) is 26.0. The standard InChI is InChI=1S/C18H29N3O3/c1-7-13(3)19-17(22)15-8-9-16(12(2)10-15)20-18(23)21(5)14(4)11-24-6/h8-10,13-14H,7,11H2,1-6H3,(H,19,22)(H,20,23). The Hall–Kier alpha value is -2.08. The number of rotatable bonds is 7. The molecule has 0 bridgehead atoms. The Kier molecular flexibility index (Phi) is 7.71. The lowest BCUT2D eigenvalue weighted by Gasteiger charge is -2.25. The van der Waals surface area contributed by atoms with E-state index in [-0.39, 0.29) is 24.0 Å². The minimum Gasteiger partial charge on any atom is -0.383 e. The topological polar surface area (TPSA) is 70.7 Å². The third-order valence-corrected chi connectivity index (χ3v) is 4.11. The lowest BCUT2D eigenvalue weighted by Crippen LogP contribution is -2.40. The second-order valence-corrected chi connectivity index (χ2v) is 6.16. The molecule has 1 aromatic carbocycles. The Morgan fingerprint density at radius 1 is 1.29 bits per heavy atom. The number of methoxy groups -OCH3 is 1. The molecule has 0 aliphatic heterocycles. The molecule has 0 saturated carbocycles. The van der Waals surface area contributed by atoms with Crippen LogP contribution in [-0.2, 0) is 4.74 Å². The molecule has 3 amide bonds. The van der Waals surface area contributed by atoms with Crippen molar-refractivity contribution in [2.24, 2.45) is 0 Å². The second-order valence-electron chi connectivity index (χ2n) is 6.16. The van der Waals surface area contributed by atoms with Gasteiger partial charge in [-0.25, -0.2) is 4.79 Å². The fourth-order valence-electron chi connectivity index (χ4n) is 2.11. The van der Waals surface area contributed by atoms with Crippen molar-refractivity contribution in [2.75, 3.05) is 26.1 Å². The molecule has 2 N–H and O–H groups in total. The predicted molar refractivity (Wildman–Crippen MR) is 96.5 cm³/mol. The molecule has 0 spiro atoms. The molecule has 6 heteroatoms. The molecular weight excluding hydrogens is 306 g/mol. The van der Waals surface area contributed by atoms with E-state index in [1.807, 2.05) is 27.7 Å². The number of nitrogens with one attached hydrogen (secondary N) is 2. The van der Waals surface area contributed by atoms with Gasteiger partial charge in [0, 0.05) is 31.5 Å². The molecule has 6 nitrogen and oxygen atoms in total. The first-order chi connectivity index (χ1) is 11.3. The van der Waals surface area contributed by atoms with Crippen molar-refractivity contribution in [3.05, 3.63) is 29.3 Å². The maximum absolute atomic E-state index is 12.3. The maximum Gasteiger partial charge on any atom is 0.321 e. The van der Waals surface area contributed by atoms with Crippen LogP contribution in [0.25, 0.3) is 0 Å². The van der Waals surface area contributed by atoms with Crippen molar-refractivity contribution < 1.29 is 14.3 Å². The van der Waals surface area contributed by atoms with Crippen molar-refractivity contribution in [3.63, 3.8) is 0 Å². The van der Waals surface area contributed by atoms with Crippen LogP contribution >= 0.6 is 0 Å². The Labute approximate surface area is 144 Å². The summed E-state index contributed by atoms with van der Waals surface area (Å²) < 4.78 is 5.07. The largest absolute Gasteiger partial charge is 0.383 e. The van der Waals surface area contributed by atoms with Crippen LogP contribution in [0.4, 0.5) is 10.5 Å². The van der Waals surface area contributed by atoms with Crippen LogP contribution in [0, 0.1) is 6.92 Å². The van der Waals surface area contributed by atoms with Crippen LogP contribution in [0.3, 0.4) is 0 Å². The van der Waals surface area contributed by atoms with Gasteiger partial charge in [0.05, 0.1) is 12.6 Å². The second kappa shape index (κ2) is 9.27. The molecule has 0 radical (unpaired) electrons. The summed E-state index contributed by atoms with van der Waals surface area (Å²) in [5.41, 5.74) is 2.12. The number of urea groups is 1. The van der Waals surface area contributed by atoms with E-state index < -0.39 is 0 Å². The van der Waals surface area contributed by atoms with Gasteiger partial charge in [0.25, 0.3) is 5.91 Å². The number of ether oxygens (including phenoxy) is 1. The number of aryl methyl sites for hydroxylation is 1. The van der Waals surface area contributed by atoms with Crippen molar-refractivity contribution in [2.45, 2.75) is 46.2 Å². The van der Waals surface area contributed by atoms with E-state index in [2.05, 4.69) is 10.6 Å². The maximum atomic E-state index is 12.3. The molecule has 0 heterocycles. The Morgan fingerprint density at radius 2 is 1.96 bits per heavy atom. The van der Waals surface area contributed by atoms with Crippen LogP contribution in [0.2, 0.25) is 0 Å². The van der Waals surface area contributed by atoms with E-state index >= 15 is 0 Å². The summed E-state index contributed by atoms with van der Waals surface area (Å²) in [6.07, 6.45) is 0.880. The number of nitrogens with zero attached hydrogens (tertiary/aromatic N) is 1. The number of hydrogen-bond donors (Lipinski definition) is 2. The van der Waals surface area contributed by atoms with Gasteiger partial charge in [-0.1, -0.05) is 6.92 Å². The molecule has 0 aliphatic rings.